The lowest BCUT2D eigenvalue weighted by Gasteiger charge is -2.37. The normalized spacial score (nSPS) is 16.1. The zero-order valence-corrected chi connectivity index (χ0v) is 20.2. The number of allylic oxidation sites excluding steroid dienone is 1. The molecule has 2 N–H and O–H groups in total. The number of hydrogen-bond acceptors (Lipinski definition) is 6. The maximum absolute atomic E-state index is 13.7. The smallest absolute Gasteiger partial charge is 0.258 e. The molecule has 4 rings (SSSR count). The Morgan fingerprint density at radius 2 is 2.06 bits per heavy atom. The van der Waals surface area contributed by atoms with Crippen molar-refractivity contribution in [3.05, 3.63) is 65.4 Å². The molecule has 1 aromatic heterocycles. The van der Waals surface area contributed by atoms with Crippen LogP contribution in [-0.4, -0.2) is 38.9 Å². The first-order chi connectivity index (χ1) is 16.4. The first-order valence-electron chi connectivity index (χ1n) is 11.2. The Morgan fingerprint density at radius 1 is 1.24 bits per heavy atom. The van der Waals surface area contributed by atoms with Crippen LogP contribution in [0.1, 0.15) is 50.6 Å². The summed E-state index contributed by atoms with van der Waals surface area (Å²) < 4.78 is 24.6. The summed E-state index contributed by atoms with van der Waals surface area (Å²) in [5.74, 6) is 0.597. The Balaban J connectivity index is 1.79. The summed E-state index contributed by atoms with van der Waals surface area (Å²) in [5, 5.41) is 18.4. The van der Waals surface area contributed by atoms with E-state index in [9.17, 15) is 9.50 Å². The minimum atomic E-state index is -0.437. The van der Waals surface area contributed by atoms with E-state index in [-0.39, 0.29) is 17.4 Å². The van der Waals surface area contributed by atoms with Crippen LogP contribution in [0.25, 0.3) is 17.0 Å². The van der Waals surface area contributed by atoms with Crippen LogP contribution < -0.4 is 10.1 Å². The third kappa shape index (κ3) is 4.75. The Hall–Kier alpha value is -3.46. The molecule has 7 nitrogen and oxygen atoms in total. The second-order valence-electron chi connectivity index (χ2n) is 8.11. The molecule has 0 aliphatic carbocycles. The Labute approximate surface area is 203 Å². The molecule has 2 aromatic carbocycles. The lowest BCUT2D eigenvalue weighted by molar-refractivity contribution is 0.372. The Bertz CT molecular complexity index is 1230. The molecule has 1 unspecified atom stereocenters. The fourth-order valence-electron chi connectivity index (χ4n) is 4.06. The number of aromatic nitrogens is 2. The van der Waals surface area contributed by atoms with Gasteiger partial charge in [-0.25, -0.2) is 4.39 Å². The number of phenolic OH excluding ortho intramolecular Hbond substituents is 1. The summed E-state index contributed by atoms with van der Waals surface area (Å²) in [7, 11) is 1.50. The monoisotopic (exact) mass is 482 g/mol. The summed E-state index contributed by atoms with van der Waals surface area (Å²) in [6.45, 7) is 4.87. The van der Waals surface area contributed by atoms with Crippen LogP contribution in [0.4, 0.5) is 4.39 Å². The highest BCUT2D eigenvalue weighted by molar-refractivity contribution is 7.80. The molecule has 0 fully saturated rings. The summed E-state index contributed by atoms with van der Waals surface area (Å²) in [6.07, 6.45) is 3.16. The van der Waals surface area contributed by atoms with Gasteiger partial charge >= 0.3 is 0 Å². The lowest BCUT2D eigenvalue weighted by Crippen LogP contribution is -2.46. The number of halogens is 1. The third-order valence-corrected chi connectivity index (χ3v) is 6.20. The maximum Gasteiger partial charge on any atom is 0.258 e. The van der Waals surface area contributed by atoms with E-state index in [2.05, 4.69) is 22.4 Å². The standard InChI is InChI=1S/C25H27FN4O3S/c1-4-5-6-12-30-15(2)21(24-28-23(29-33-24)17-8-7-9-18(26)13-17)22(27-25(30)34)16-10-11-20(32-3)19(31)14-16/h7-11,13-14,22,31H,4-6,12H2,1-3H3,(H,27,34). The van der Waals surface area contributed by atoms with Gasteiger partial charge in [-0.05, 0) is 55.4 Å². The van der Waals surface area contributed by atoms with Crippen molar-refractivity contribution >= 4 is 22.9 Å². The van der Waals surface area contributed by atoms with Crippen LogP contribution in [0.5, 0.6) is 11.5 Å². The molecule has 1 aliphatic rings. The van der Waals surface area contributed by atoms with Gasteiger partial charge in [0.15, 0.2) is 16.6 Å². The fourth-order valence-corrected chi connectivity index (χ4v) is 4.41. The van der Waals surface area contributed by atoms with Crippen LogP contribution in [0.3, 0.4) is 0 Å². The number of nitrogens with one attached hydrogen (secondary N) is 1. The lowest BCUT2D eigenvalue weighted by atomic mass is 9.94. The van der Waals surface area contributed by atoms with Crippen molar-refractivity contribution < 1.29 is 18.8 Å². The molecule has 0 saturated heterocycles. The fraction of sp³-hybridized carbons (Fsp3) is 0.320. The minimum absolute atomic E-state index is 0.0149. The highest BCUT2D eigenvalue weighted by Gasteiger charge is 2.34. The van der Waals surface area contributed by atoms with Gasteiger partial charge in [0.05, 0.1) is 18.7 Å². The number of rotatable bonds is 8. The first kappa shape index (κ1) is 23.7. The average Bonchev–Trinajstić information content (AvgIpc) is 3.30. The van der Waals surface area contributed by atoms with Crippen LogP contribution in [0, 0.1) is 5.82 Å². The van der Waals surface area contributed by atoms with Crippen LogP contribution >= 0.6 is 12.2 Å². The number of thiocarbonyl (C=S) groups is 1. The highest BCUT2D eigenvalue weighted by atomic mass is 32.1. The Morgan fingerprint density at radius 3 is 2.76 bits per heavy atom. The van der Waals surface area contributed by atoms with Gasteiger partial charge in [-0.15, -0.1) is 0 Å². The second-order valence-corrected chi connectivity index (χ2v) is 8.49. The van der Waals surface area contributed by atoms with Crippen molar-refractivity contribution in [1.82, 2.24) is 20.4 Å². The second kappa shape index (κ2) is 10.2. The molecule has 0 saturated carbocycles. The molecular weight excluding hydrogens is 455 g/mol. The maximum atomic E-state index is 13.7. The molecule has 2 heterocycles. The van der Waals surface area contributed by atoms with Gasteiger partial charge in [0.25, 0.3) is 5.89 Å². The highest BCUT2D eigenvalue weighted by Crippen LogP contribution is 2.40. The van der Waals surface area contributed by atoms with Crippen molar-refractivity contribution in [1.29, 1.82) is 0 Å². The molecule has 0 spiro atoms. The van der Waals surface area contributed by atoms with Gasteiger partial charge in [0, 0.05) is 17.8 Å². The Kier molecular flexibility index (Phi) is 7.12. The largest absolute Gasteiger partial charge is 0.504 e. The van der Waals surface area contributed by atoms with Gasteiger partial charge in [-0.1, -0.05) is 43.1 Å². The zero-order chi connectivity index (χ0) is 24.2. The molecule has 3 aromatic rings. The van der Waals surface area contributed by atoms with E-state index in [0.717, 1.165) is 42.6 Å². The molecule has 0 amide bonds. The van der Waals surface area contributed by atoms with Crippen molar-refractivity contribution in [3.8, 4) is 22.9 Å². The number of benzene rings is 2. The van der Waals surface area contributed by atoms with Crippen LogP contribution in [0.15, 0.2) is 52.7 Å². The van der Waals surface area contributed by atoms with Gasteiger partial charge in [-0.3, -0.25) is 0 Å². The molecule has 34 heavy (non-hydrogen) atoms. The van der Waals surface area contributed by atoms with E-state index in [4.69, 9.17) is 21.5 Å². The summed E-state index contributed by atoms with van der Waals surface area (Å²) in [5.41, 5.74) is 2.90. The number of hydrogen-bond donors (Lipinski definition) is 2. The molecule has 178 valence electrons. The van der Waals surface area contributed by atoms with Crippen molar-refractivity contribution in [2.75, 3.05) is 13.7 Å². The number of phenols is 1. The predicted molar refractivity (Wildman–Crippen MR) is 132 cm³/mol. The first-order valence-corrected chi connectivity index (χ1v) is 11.6. The van der Waals surface area contributed by atoms with Crippen molar-refractivity contribution in [3.63, 3.8) is 0 Å². The van der Waals surface area contributed by atoms with E-state index < -0.39 is 6.04 Å². The van der Waals surface area contributed by atoms with E-state index in [1.165, 1.54) is 19.2 Å². The van der Waals surface area contributed by atoms with Crippen molar-refractivity contribution in [2.45, 2.75) is 39.2 Å². The molecular formula is C25H27FN4O3S. The number of unbranched alkanes of at least 4 members (excludes halogenated alkanes) is 2. The minimum Gasteiger partial charge on any atom is -0.504 e. The van der Waals surface area contributed by atoms with Gasteiger partial charge in [0.2, 0.25) is 5.82 Å². The molecule has 9 heteroatoms. The summed E-state index contributed by atoms with van der Waals surface area (Å²) >= 11 is 5.70. The van der Waals surface area contributed by atoms with E-state index in [1.807, 2.05) is 17.9 Å². The van der Waals surface area contributed by atoms with Crippen molar-refractivity contribution in [2.24, 2.45) is 0 Å². The van der Waals surface area contributed by atoms with Gasteiger partial charge in [0.1, 0.15) is 5.82 Å². The molecule has 0 radical (unpaired) electrons. The quantitative estimate of drug-likeness (QED) is 0.324. The SMILES string of the molecule is CCCCCN1C(=S)NC(c2ccc(OC)c(O)c2)C(c2nc(-c3cccc(F)c3)no2)=C1C. The molecule has 1 aliphatic heterocycles. The molecule has 0 bridgehead atoms. The number of nitrogens with zero attached hydrogens (tertiary/aromatic N) is 3. The predicted octanol–water partition coefficient (Wildman–Crippen LogP) is 5.44. The zero-order valence-electron chi connectivity index (χ0n) is 19.3. The van der Waals surface area contributed by atoms with E-state index >= 15 is 0 Å². The summed E-state index contributed by atoms with van der Waals surface area (Å²) in [6, 6.07) is 10.8. The topological polar surface area (TPSA) is 83.7 Å². The molecule has 1 atom stereocenters. The average molecular weight is 483 g/mol. The van der Waals surface area contributed by atoms with Crippen LogP contribution in [0.2, 0.25) is 0 Å². The van der Waals surface area contributed by atoms with E-state index in [1.54, 1.807) is 24.3 Å². The van der Waals surface area contributed by atoms with Gasteiger partial charge in [-0.2, -0.15) is 4.98 Å². The number of methoxy groups -OCH3 is 1. The summed E-state index contributed by atoms with van der Waals surface area (Å²) in [4.78, 5) is 6.62. The number of ether oxygens (including phenoxy) is 1. The van der Waals surface area contributed by atoms with Gasteiger partial charge < -0.3 is 24.6 Å². The van der Waals surface area contributed by atoms with Crippen LogP contribution in [-0.2, 0) is 0 Å². The third-order valence-electron chi connectivity index (χ3n) is 5.86. The van der Waals surface area contributed by atoms with E-state index in [0.29, 0.717) is 22.3 Å². The number of aromatic hydroxyl groups is 1.